The number of nitrogens with one attached hydrogen (secondary N) is 1. The lowest BCUT2D eigenvalue weighted by atomic mass is 10.1. The van der Waals surface area contributed by atoms with Crippen molar-refractivity contribution in [3.63, 3.8) is 0 Å². The van der Waals surface area contributed by atoms with E-state index in [2.05, 4.69) is 31.2 Å². The highest BCUT2D eigenvalue weighted by Gasteiger charge is 2.14. The highest BCUT2D eigenvalue weighted by Crippen LogP contribution is 2.27. The van der Waals surface area contributed by atoms with Gasteiger partial charge in [0, 0.05) is 34.5 Å². The Morgan fingerprint density at radius 2 is 1.74 bits per heavy atom. The Hall–Kier alpha value is -5.16. The maximum absolute atomic E-state index is 13.0. The number of carbonyl (C=O) groups is 2. The van der Waals surface area contributed by atoms with Gasteiger partial charge in [-0.25, -0.2) is 9.48 Å². The number of tetrazole rings is 1. The predicted octanol–water partition coefficient (Wildman–Crippen LogP) is 3.74. The summed E-state index contributed by atoms with van der Waals surface area (Å²) in [5.41, 5.74) is 3.78. The van der Waals surface area contributed by atoms with Crippen LogP contribution >= 0.6 is 11.6 Å². The van der Waals surface area contributed by atoms with E-state index in [0.29, 0.717) is 39.6 Å². The van der Waals surface area contributed by atoms with Gasteiger partial charge in [0.15, 0.2) is 0 Å². The highest BCUT2D eigenvalue weighted by molar-refractivity contribution is 6.31. The molecule has 0 fully saturated rings. The van der Waals surface area contributed by atoms with Gasteiger partial charge >= 0.3 is 5.97 Å². The van der Waals surface area contributed by atoms with Crippen molar-refractivity contribution in [1.82, 2.24) is 40.5 Å². The Bertz CT molecular complexity index is 1610. The highest BCUT2D eigenvalue weighted by atomic mass is 35.5. The number of allylic oxidation sites excluding steroid dienone is 1. The molecule has 0 aliphatic rings. The van der Waals surface area contributed by atoms with Crippen LogP contribution in [-0.4, -0.2) is 52.2 Å². The van der Waals surface area contributed by atoms with Crippen LogP contribution in [0.1, 0.15) is 26.3 Å². The molecule has 2 N–H and O–H groups in total. The fourth-order valence-electron chi connectivity index (χ4n) is 3.73. The minimum Gasteiger partial charge on any atom is -0.478 e. The summed E-state index contributed by atoms with van der Waals surface area (Å²) in [5.74, 6) is -1.45. The summed E-state index contributed by atoms with van der Waals surface area (Å²) in [6.07, 6.45) is 5.22. The smallest absolute Gasteiger partial charge is 0.335 e. The molecule has 0 atom stereocenters. The maximum Gasteiger partial charge on any atom is 0.335 e. The second kappa shape index (κ2) is 10.8. The molecule has 2 aromatic heterocycles. The van der Waals surface area contributed by atoms with E-state index in [9.17, 15) is 9.59 Å². The van der Waals surface area contributed by atoms with Crippen molar-refractivity contribution < 1.29 is 14.7 Å². The molecule has 3 aromatic carbocycles. The Kier molecular flexibility index (Phi) is 7.00. The second-order valence-corrected chi connectivity index (χ2v) is 8.59. The zero-order chi connectivity index (χ0) is 26.5. The van der Waals surface area contributed by atoms with Crippen LogP contribution in [0.25, 0.3) is 23.1 Å². The number of carboxylic acids is 1. The quantitative estimate of drug-likeness (QED) is 0.311. The summed E-state index contributed by atoms with van der Waals surface area (Å²) in [6.45, 7) is 0. The first-order chi connectivity index (χ1) is 18.5. The van der Waals surface area contributed by atoms with Crippen molar-refractivity contribution in [2.45, 2.75) is 6.42 Å². The number of benzene rings is 3. The number of halogens is 1. The molecule has 0 aliphatic heterocycles. The average molecular weight is 527 g/mol. The van der Waals surface area contributed by atoms with E-state index in [1.54, 1.807) is 30.6 Å². The standard InChI is InChI=1S/C26H19ClN8O3/c27-20-10-11-24(35-16-28-31-33-35)22(13-20)23-15-34(32-30-23)14-21(12-17-4-2-1-3-5-17)29-25(36)18-6-8-19(9-7-18)26(37)38/h1-11,13-16H,12H2,(H,29,36)(H,37,38). The molecule has 5 rings (SSSR count). The van der Waals surface area contributed by atoms with E-state index in [4.69, 9.17) is 16.7 Å². The van der Waals surface area contributed by atoms with Crippen LogP contribution in [0.5, 0.6) is 0 Å². The molecule has 0 saturated heterocycles. The third-order valence-electron chi connectivity index (χ3n) is 5.53. The van der Waals surface area contributed by atoms with E-state index >= 15 is 0 Å². The van der Waals surface area contributed by atoms with Crippen molar-refractivity contribution in [2.75, 3.05) is 0 Å². The number of hydrogen-bond acceptors (Lipinski definition) is 7. The van der Waals surface area contributed by atoms with E-state index in [0.717, 1.165) is 5.56 Å². The van der Waals surface area contributed by atoms with E-state index in [1.165, 1.54) is 40.0 Å². The summed E-state index contributed by atoms with van der Waals surface area (Å²) in [4.78, 5) is 24.1. The van der Waals surface area contributed by atoms with Crippen LogP contribution in [0.15, 0.2) is 91.0 Å². The SMILES string of the molecule is O=C(O)c1ccc(C(=O)NC(=Cn2cc(-c3cc(Cl)ccc3-n3cnnn3)nn2)Cc2ccccc2)cc1. The van der Waals surface area contributed by atoms with Gasteiger partial charge in [0.05, 0.1) is 17.4 Å². The van der Waals surface area contributed by atoms with Gasteiger partial charge in [-0.1, -0.05) is 47.1 Å². The normalized spacial score (nSPS) is 11.3. The molecule has 0 aliphatic carbocycles. The van der Waals surface area contributed by atoms with E-state index in [-0.39, 0.29) is 11.5 Å². The first-order valence-corrected chi connectivity index (χ1v) is 11.7. The van der Waals surface area contributed by atoms with Gasteiger partial charge in [0.1, 0.15) is 12.0 Å². The number of amides is 1. The van der Waals surface area contributed by atoms with Gasteiger partial charge in [0.25, 0.3) is 5.91 Å². The van der Waals surface area contributed by atoms with Crippen LogP contribution in [0, 0.1) is 0 Å². The Balaban J connectivity index is 1.46. The molecule has 1 amide bonds. The fraction of sp³-hybridized carbons (Fsp3) is 0.0385. The Morgan fingerprint density at radius 1 is 0.974 bits per heavy atom. The molecule has 11 nitrogen and oxygen atoms in total. The van der Waals surface area contributed by atoms with Crippen molar-refractivity contribution in [3.05, 3.63) is 113 Å². The van der Waals surface area contributed by atoms with Crippen LogP contribution in [0.4, 0.5) is 0 Å². The molecule has 0 radical (unpaired) electrons. The van der Waals surface area contributed by atoms with Crippen LogP contribution in [-0.2, 0) is 6.42 Å². The molecule has 12 heteroatoms. The Labute approximate surface area is 221 Å². The molecule has 5 aromatic rings. The fourth-order valence-corrected chi connectivity index (χ4v) is 3.90. The lowest BCUT2D eigenvalue weighted by Crippen LogP contribution is -2.24. The summed E-state index contributed by atoms with van der Waals surface area (Å²) >= 11 is 6.24. The first-order valence-electron chi connectivity index (χ1n) is 11.3. The second-order valence-electron chi connectivity index (χ2n) is 8.15. The largest absolute Gasteiger partial charge is 0.478 e. The number of aromatic nitrogens is 7. The van der Waals surface area contributed by atoms with Gasteiger partial charge in [0.2, 0.25) is 0 Å². The monoisotopic (exact) mass is 526 g/mol. The molecular formula is C26H19ClN8O3. The van der Waals surface area contributed by atoms with Gasteiger partial charge in [-0.15, -0.1) is 10.2 Å². The van der Waals surface area contributed by atoms with Gasteiger partial charge in [-0.3, -0.25) is 4.79 Å². The van der Waals surface area contributed by atoms with E-state index < -0.39 is 5.97 Å². The van der Waals surface area contributed by atoms with Crippen LogP contribution in [0.2, 0.25) is 5.02 Å². The molecule has 0 saturated carbocycles. The molecule has 2 heterocycles. The minimum absolute atomic E-state index is 0.0961. The number of aromatic carboxylic acids is 1. The van der Waals surface area contributed by atoms with Crippen molar-refractivity contribution in [3.8, 4) is 16.9 Å². The lowest BCUT2D eigenvalue weighted by Gasteiger charge is -2.11. The molecule has 0 bridgehead atoms. The van der Waals surface area contributed by atoms with Crippen molar-refractivity contribution in [2.24, 2.45) is 0 Å². The lowest BCUT2D eigenvalue weighted by molar-refractivity contribution is 0.0696. The number of carbonyl (C=O) groups excluding carboxylic acids is 1. The summed E-state index contributed by atoms with van der Waals surface area (Å²) in [5, 5.41) is 32.3. The molecule has 0 unspecified atom stereocenters. The van der Waals surface area contributed by atoms with Gasteiger partial charge in [-0.05, 0) is 58.5 Å². The average Bonchev–Trinajstić information content (AvgIpc) is 3.62. The minimum atomic E-state index is -1.06. The predicted molar refractivity (Wildman–Crippen MR) is 138 cm³/mol. The zero-order valence-electron chi connectivity index (χ0n) is 19.6. The van der Waals surface area contributed by atoms with Gasteiger partial charge < -0.3 is 10.4 Å². The molecule has 188 valence electrons. The summed E-state index contributed by atoms with van der Waals surface area (Å²) < 4.78 is 2.99. The molecular weight excluding hydrogens is 508 g/mol. The number of carboxylic acid groups (broad SMARTS) is 1. The third-order valence-corrected chi connectivity index (χ3v) is 5.77. The number of rotatable bonds is 8. The molecule has 0 spiro atoms. The van der Waals surface area contributed by atoms with E-state index in [1.807, 2.05) is 30.3 Å². The summed E-state index contributed by atoms with van der Waals surface area (Å²) in [6, 6.07) is 20.6. The van der Waals surface area contributed by atoms with Crippen LogP contribution in [0.3, 0.4) is 0 Å². The first kappa shape index (κ1) is 24.5. The molecule has 38 heavy (non-hydrogen) atoms. The van der Waals surface area contributed by atoms with Gasteiger partial charge in [-0.2, -0.15) is 4.68 Å². The summed E-state index contributed by atoms with van der Waals surface area (Å²) in [7, 11) is 0. The maximum atomic E-state index is 13.0. The number of hydrogen-bond donors (Lipinski definition) is 2. The van der Waals surface area contributed by atoms with Crippen molar-refractivity contribution >= 4 is 29.7 Å². The number of nitrogens with zero attached hydrogens (tertiary/aromatic N) is 7. The van der Waals surface area contributed by atoms with Crippen molar-refractivity contribution in [1.29, 1.82) is 0 Å². The topological polar surface area (TPSA) is 141 Å². The Morgan fingerprint density at radius 3 is 2.45 bits per heavy atom. The third kappa shape index (κ3) is 5.63. The van der Waals surface area contributed by atoms with Crippen LogP contribution < -0.4 is 5.32 Å². The zero-order valence-corrected chi connectivity index (χ0v) is 20.4.